The maximum absolute atomic E-state index is 12.2. The number of carbonyl (C=O) groups excluding carboxylic acids is 2. The van der Waals surface area contributed by atoms with Crippen LogP contribution in [0.15, 0.2) is 47.4 Å². The van der Waals surface area contributed by atoms with E-state index in [-0.39, 0.29) is 11.7 Å². The third-order valence-corrected chi connectivity index (χ3v) is 5.26. The number of halogens is 2. The van der Waals surface area contributed by atoms with Crippen LogP contribution >= 0.6 is 35.0 Å². The second-order valence-electron chi connectivity index (χ2n) is 5.52. The molecule has 6 heteroatoms. The summed E-state index contributed by atoms with van der Waals surface area (Å²) in [6.07, 6.45) is 2.41. The number of thioether (sulfide) groups is 1. The monoisotopic (exact) mass is 395 g/mol. The molecule has 0 aromatic heterocycles. The first kappa shape index (κ1) is 19.8. The molecule has 2 rings (SSSR count). The van der Waals surface area contributed by atoms with Crippen LogP contribution in [0.3, 0.4) is 0 Å². The summed E-state index contributed by atoms with van der Waals surface area (Å²) < 4.78 is 0. The Kier molecular flexibility index (Phi) is 7.82. The van der Waals surface area contributed by atoms with E-state index in [0.29, 0.717) is 27.8 Å². The van der Waals surface area contributed by atoms with Gasteiger partial charge < -0.3 is 5.32 Å². The summed E-state index contributed by atoms with van der Waals surface area (Å²) in [6.45, 7) is 2.05. The molecule has 0 saturated heterocycles. The Bertz CT molecular complexity index is 748. The largest absolute Gasteiger partial charge is 0.326 e. The lowest BCUT2D eigenvalue weighted by atomic mass is 10.1. The SMILES string of the molecule is CCCCC(=O)Nc1ccc(SCC(=O)c2ccc(Cl)c(Cl)c2)cc1. The minimum atomic E-state index is -0.0134. The molecule has 0 aliphatic rings. The minimum Gasteiger partial charge on any atom is -0.326 e. The number of hydrogen-bond donors (Lipinski definition) is 1. The summed E-state index contributed by atoms with van der Waals surface area (Å²) in [7, 11) is 0. The number of unbranched alkanes of at least 4 members (excludes halogenated alkanes) is 1. The van der Waals surface area contributed by atoms with Crippen molar-refractivity contribution in [1.82, 2.24) is 0 Å². The average molecular weight is 396 g/mol. The van der Waals surface area contributed by atoms with E-state index in [1.54, 1.807) is 18.2 Å². The Morgan fingerprint density at radius 2 is 1.76 bits per heavy atom. The molecular formula is C19H19Cl2NO2S. The summed E-state index contributed by atoms with van der Waals surface area (Å²) in [5, 5.41) is 3.67. The van der Waals surface area contributed by atoms with Gasteiger partial charge in [0.1, 0.15) is 0 Å². The molecule has 132 valence electrons. The molecular weight excluding hydrogens is 377 g/mol. The van der Waals surface area contributed by atoms with Crippen LogP contribution in [0.2, 0.25) is 10.0 Å². The number of ketones is 1. The van der Waals surface area contributed by atoms with Gasteiger partial charge in [-0.15, -0.1) is 11.8 Å². The molecule has 0 aliphatic carbocycles. The predicted molar refractivity (Wildman–Crippen MR) is 106 cm³/mol. The molecule has 0 bridgehead atoms. The Morgan fingerprint density at radius 1 is 1.04 bits per heavy atom. The fraction of sp³-hybridized carbons (Fsp3) is 0.263. The number of rotatable bonds is 8. The van der Waals surface area contributed by atoms with Gasteiger partial charge in [-0.1, -0.05) is 36.5 Å². The van der Waals surface area contributed by atoms with Crippen molar-refractivity contribution in [3.63, 3.8) is 0 Å². The van der Waals surface area contributed by atoms with Crippen LogP contribution in [0.25, 0.3) is 0 Å². The van der Waals surface area contributed by atoms with Gasteiger partial charge in [0.15, 0.2) is 5.78 Å². The van der Waals surface area contributed by atoms with Crippen LogP contribution in [-0.2, 0) is 4.79 Å². The van der Waals surface area contributed by atoms with Crippen molar-refractivity contribution in [2.45, 2.75) is 31.1 Å². The standard InChI is InChI=1S/C19H19Cl2NO2S/c1-2-3-4-19(24)22-14-6-8-15(9-7-14)25-12-18(23)13-5-10-16(20)17(21)11-13/h5-11H,2-4,12H2,1H3,(H,22,24). The lowest BCUT2D eigenvalue weighted by molar-refractivity contribution is -0.116. The van der Waals surface area contributed by atoms with Gasteiger partial charge in [-0.25, -0.2) is 0 Å². The van der Waals surface area contributed by atoms with Crippen LogP contribution in [0.1, 0.15) is 36.5 Å². The highest BCUT2D eigenvalue weighted by atomic mass is 35.5. The fourth-order valence-electron chi connectivity index (χ4n) is 2.10. The van der Waals surface area contributed by atoms with Gasteiger partial charge in [0, 0.05) is 22.6 Å². The molecule has 2 aromatic carbocycles. The molecule has 2 aromatic rings. The second-order valence-corrected chi connectivity index (χ2v) is 7.38. The minimum absolute atomic E-state index is 0.0134. The van der Waals surface area contributed by atoms with Crippen LogP contribution in [0.4, 0.5) is 5.69 Å². The molecule has 1 N–H and O–H groups in total. The molecule has 1 amide bonds. The molecule has 0 aliphatic heterocycles. The van der Waals surface area contributed by atoms with Gasteiger partial charge in [-0.3, -0.25) is 9.59 Å². The molecule has 0 atom stereocenters. The lowest BCUT2D eigenvalue weighted by Gasteiger charge is -2.06. The van der Waals surface area contributed by atoms with E-state index in [9.17, 15) is 9.59 Å². The van der Waals surface area contributed by atoms with Crippen LogP contribution in [-0.4, -0.2) is 17.4 Å². The fourth-order valence-corrected chi connectivity index (χ4v) is 3.19. The topological polar surface area (TPSA) is 46.2 Å². The third kappa shape index (κ3) is 6.38. The number of carbonyl (C=O) groups is 2. The zero-order valence-electron chi connectivity index (χ0n) is 13.9. The summed E-state index contributed by atoms with van der Waals surface area (Å²) in [5.41, 5.74) is 1.31. The normalized spacial score (nSPS) is 10.5. The van der Waals surface area contributed by atoms with E-state index in [2.05, 4.69) is 12.2 Å². The van der Waals surface area contributed by atoms with Crippen molar-refractivity contribution < 1.29 is 9.59 Å². The highest BCUT2D eigenvalue weighted by Crippen LogP contribution is 2.25. The molecule has 25 heavy (non-hydrogen) atoms. The van der Waals surface area contributed by atoms with Crippen molar-refractivity contribution >= 4 is 52.3 Å². The number of Topliss-reactive ketones (excluding diaryl/α,β-unsaturated/α-hetero) is 1. The molecule has 0 saturated carbocycles. The van der Waals surface area contributed by atoms with Crippen molar-refractivity contribution in [1.29, 1.82) is 0 Å². The maximum Gasteiger partial charge on any atom is 0.224 e. The van der Waals surface area contributed by atoms with Gasteiger partial charge in [0.25, 0.3) is 0 Å². The summed E-state index contributed by atoms with van der Waals surface area (Å²) >= 11 is 13.2. The van der Waals surface area contributed by atoms with Gasteiger partial charge in [-0.2, -0.15) is 0 Å². The molecule has 0 spiro atoms. The van der Waals surface area contributed by atoms with E-state index in [1.165, 1.54) is 11.8 Å². The lowest BCUT2D eigenvalue weighted by Crippen LogP contribution is -2.10. The molecule has 0 unspecified atom stereocenters. The zero-order valence-corrected chi connectivity index (χ0v) is 16.2. The third-order valence-electron chi connectivity index (χ3n) is 3.51. The molecule has 0 fully saturated rings. The molecule has 0 heterocycles. The van der Waals surface area contributed by atoms with E-state index in [0.717, 1.165) is 23.4 Å². The van der Waals surface area contributed by atoms with E-state index < -0.39 is 0 Å². The quantitative estimate of drug-likeness (QED) is 0.433. The Hall–Kier alpha value is -1.49. The first-order valence-electron chi connectivity index (χ1n) is 8.00. The zero-order chi connectivity index (χ0) is 18.2. The number of anilines is 1. The number of amides is 1. The average Bonchev–Trinajstić information content (AvgIpc) is 2.61. The maximum atomic E-state index is 12.2. The van der Waals surface area contributed by atoms with Gasteiger partial charge in [-0.05, 0) is 48.9 Å². The highest BCUT2D eigenvalue weighted by molar-refractivity contribution is 8.00. The van der Waals surface area contributed by atoms with Crippen LogP contribution < -0.4 is 5.32 Å². The number of benzene rings is 2. The number of hydrogen-bond acceptors (Lipinski definition) is 3. The van der Waals surface area contributed by atoms with Gasteiger partial charge in [0.2, 0.25) is 5.91 Å². The Balaban J connectivity index is 1.87. The smallest absolute Gasteiger partial charge is 0.224 e. The van der Waals surface area contributed by atoms with Crippen molar-refractivity contribution in [3.8, 4) is 0 Å². The molecule has 0 radical (unpaired) electrons. The van der Waals surface area contributed by atoms with Gasteiger partial charge in [0.05, 0.1) is 15.8 Å². The van der Waals surface area contributed by atoms with Crippen molar-refractivity contribution in [2.24, 2.45) is 0 Å². The first-order chi connectivity index (χ1) is 12.0. The van der Waals surface area contributed by atoms with E-state index >= 15 is 0 Å². The summed E-state index contributed by atoms with van der Waals surface area (Å²) in [4.78, 5) is 24.9. The van der Waals surface area contributed by atoms with Crippen molar-refractivity contribution in [3.05, 3.63) is 58.1 Å². The van der Waals surface area contributed by atoms with Crippen molar-refractivity contribution in [2.75, 3.05) is 11.1 Å². The Labute approximate surface area is 162 Å². The predicted octanol–water partition coefficient (Wildman–Crippen LogP) is 6.10. The summed E-state index contributed by atoms with van der Waals surface area (Å²) in [5.74, 6) is 0.317. The highest BCUT2D eigenvalue weighted by Gasteiger charge is 2.09. The van der Waals surface area contributed by atoms with E-state index in [1.807, 2.05) is 24.3 Å². The van der Waals surface area contributed by atoms with Gasteiger partial charge >= 0.3 is 0 Å². The first-order valence-corrected chi connectivity index (χ1v) is 9.74. The Morgan fingerprint density at radius 3 is 2.40 bits per heavy atom. The second kappa shape index (κ2) is 9.85. The van der Waals surface area contributed by atoms with Crippen LogP contribution in [0.5, 0.6) is 0 Å². The number of nitrogens with one attached hydrogen (secondary N) is 1. The summed E-state index contributed by atoms with van der Waals surface area (Å²) in [6, 6.07) is 12.3. The van der Waals surface area contributed by atoms with Crippen LogP contribution in [0, 0.1) is 0 Å². The van der Waals surface area contributed by atoms with E-state index in [4.69, 9.17) is 23.2 Å². The molecule has 3 nitrogen and oxygen atoms in total.